The molecule has 0 unspecified atom stereocenters. The zero-order valence-corrected chi connectivity index (χ0v) is 11.7. The highest BCUT2D eigenvalue weighted by molar-refractivity contribution is 5.82. The van der Waals surface area contributed by atoms with Crippen molar-refractivity contribution in [1.82, 2.24) is 14.4 Å². The van der Waals surface area contributed by atoms with Crippen molar-refractivity contribution in [1.29, 1.82) is 5.26 Å². The maximum absolute atomic E-state index is 12.5. The zero-order valence-electron chi connectivity index (χ0n) is 11.7. The van der Waals surface area contributed by atoms with Crippen LogP contribution in [0.3, 0.4) is 0 Å². The average Bonchev–Trinajstić information content (AvgIpc) is 2.56. The van der Waals surface area contributed by atoms with Gasteiger partial charge >= 0.3 is 0 Å². The van der Waals surface area contributed by atoms with Crippen LogP contribution in [0.1, 0.15) is 12.0 Å². The molecule has 3 rings (SSSR count). The number of anilines is 1. The molecular weight excluding hydrogens is 282 g/mol. The van der Waals surface area contributed by atoms with Gasteiger partial charge in [0, 0.05) is 19.3 Å². The molecule has 3 aromatic rings. The molecule has 2 N–H and O–H groups in total. The number of aliphatic hydroxyl groups is 1. The van der Waals surface area contributed by atoms with E-state index in [2.05, 4.69) is 15.3 Å². The van der Waals surface area contributed by atoms with Crippen molar-refractivity contribution in [2.24, 2.45) is 0 Å². The van der Waals surface area contributed by atoms with Gasteiger partial charge in [-0.2, -0.15) is 5.26 Å². The van der Waals surface area contributed by atoms with Gasteiger partial charge in [-0.05, 0) is 18.6 Å². The van der Waals surface area contributed by atoms with Gasteiger partial charge in [-0.1, -0.05) is 6.07 Å². The smallest absolute Gasteiger partial charge is 0.226 e. The van der Waals surface area contributed by atoms with E-state index in [9.17, 15) is 10.1 Å². The molecule has 0 aliphatic rings. The Kier molecular flexibility index (Phi) is 3.68. The number of nitrogens with one attached hydrogen (secondary N) is 1. The molecule has 0 fully saturated rings. The van der Waals surface area contributed by atoms with Crippen molar-refractivity contribution in [3.05, 3.63) is 46.4 Å². The maximum atomic E-state index is 12.5. The monoisotopic (exact) mass is 295 g/mol. The highest BCUT2D eigenvalue weighted by Crippen LogP contribution is 2.15. The molecule has 7 nitrogen and oxygen atoms in total. The molecule has 0 aliphatic heterocycles. The summed E-state index contributed by atoms with van der Waals surface area (Å²) >= 11 is 0. The Hall–Kier alpha value is -2.98. The molecule has 0 aromatic carbocycles. The van der Waals surface area contributed by atoms with Crippen LogP contribution in [0.5, 0.6) is 0 Å². The Labute approximate surface area is 125 Å². The largest absolute Gasteiger partial charge is 0.396 e. The lowest BCUT2D eigenvalue weighted by atomic mass is 10.2. The van der Waals surface area contributed by atoms with Gasteiger partial charge in [0.1, 0.15) is 17.1 Å². The highest BCUT2D eigenvalue weighted by Gasteiger charge is 2.13. The second kappa shape index (κ2) is 5.79. The molecule has 0 saturated heterocycles. The van der Waals surface area contributed by atoms with Gasteiger partial charge in [0.15, 0.2) is 0 Å². The summed E-state index contributed by atoms with van der Waals surface area (Å²) in [5.41, 5.74) is 0.936. The molecular formula is C15H13N5O2. The Morgan fingerprint density at radius 3 is 3.00 bits per heavy atom. The molecule has 7 heteroatoms. The van der Waals surface area contributed by atoms with Gasteiger partial charge in [-0.15, -0.1) is 0 Å². The predicted molar refractivity (Wildman–Crippen MR) is 81.7 cm³/mol. The normalized spacial score (nSPS) is 10.7. The number of hydrogen-bond acceptors (Lipinski definition) is 6. The van der Waals surface area contributed by atoms with Crippen LogP contribution in [0, 0.1) is 11.3 Å². The fourth-order valence-corrected chi connectivity index (χ4v) is 2.28. The molecule has 110 valence electrons. The van der Waals surface area contributed by atoms with Crippen molar-refractivity contribution in [3.63, 3.8) is 0 Å². The van der Waals surface area contributed by atoms with E-state index in [0.29, 0.717) is 29.9 Å². The molecule has 3 heterocycles. The lowest BCUT2D eigenvalue weighted by molar-refractivity contribution is 0.292. The average molecular weight is 295 g/mol. The first-order valence-corrected chi connectivity index (χ1v) is 6.81. The minimum atomic E-state index is -0.406. The molecule has 0 spiro atoms. The highest BCUT2D eigenvalue weighted by atomic mass is 16.3. The number of pyridine rings is 2. The number of hydrogen-bond donors (Lipinski definition) is 2. The zero-order chi connectivity index (χ0) is 15.5. The topological polar surface area (TPSA) is 103 Å². The van der Waals surface area contributed by atoms with Gasteiger partial charge in [-0.3, -0.25) is 4.79 Å². The summed E-state index contributed by atoms with van der Waals surface area (Å²) in [5, 5.41) is 21.0. The third-order valence-corrected chi connectivity index (χ3v) is 3.32. The summed E-state index contributed by atoms with van der Waals surface area (Å²) in [4.78, 5) is 20.9. The van der Waals surface area contributed by atoms with E-state index < -0.39 is 5.43 Å². The number of nitriles is 1. The molecule has 0 bridgehead atoms. The van der Waals surface area contributed by atoms with Crippen molar-refractivity contribution < 1.29 is 5.11 Å². The fraction of sp³-hybridized carbons (Fsp3) is 0.200. The lowest BCUT2D eigenvalue weighted by Crippen LogP contribution is -2.15. The van der Waals surface area contributed by atoms with Crippen LogP contribution in [0.4, 0.5) is 5.95 Å². The Morgan fingerprint density at radius 2 is 2.23 bits per heavy atom. The minimum Gasteiger partial charge on any atom is -0.396 e. The summed E-state index contributed by atoms with van der Waals surface area (Å²) in [6.45, 7) is 0.564. The summed E-state index contributed by atoms with van der Waals surface area (Å²) < 4.78 is 1.73. The van der Waals surface area contributed by atoms with Crippen LogP contribution in [0.2, 0.25) is 0 Å². The number of rotatable bonds is 4. The maximum Gasteiger partial charge on any atom is 0.226 e. The molecule has 0 atom stereocenters. The number of aliphatic hydroxyl groups excluding tert-OH is 1. The van der Waals surface area contributed by atoms with Crippen LogP contribution in [-0.2, 0) is 0 Å². The van der Waals surface area contributed by atoms with E-state index in [-0.39, 0.29) is 17.7 Å². The van der Waals surface area contributed by atoms with Crippen LogP contribution >= 0.6 is 0 Å². The molecule has 0 radical (unpaired) electrons. The van der Waals surface area contributed by atoms with Crippen LogP contribution in [-0.4, -0.2) is 32.6 Å². The van der Waals surface area contributed by atoms with E-state index in [1.807, 2.05) is 12.1 Å². The SMILES string of the molecule is N#Cc1c(=O)c2nc(NCCCO)ncc2n2ccccc12. The van der Waals surface area contributed by atoms with Crippen molar-refractivity contribution in [2.45, 2.75) is 6.42 Å². The molecule has 0 saturated carbocycles. The van der Waals surface area contributed by atoms with Crippen molar-refractivity contribution in [3.8, 4) is 6.07 Å². The first-order chi connectivity index (χ1) is 10.8. The third kappa shape index (κ3) is 2.25. The third-order valence-electron chi connectivity index (χ3n) is 3.32. The van der Waals surface area contributed by atoms with Gasteiger partial charge < -0.3 is 14.8 Å². The summed E-state index contributed by atoms with van der Waals surface area (Å²) in [6, 6.07) is 7.25. The van der Waals surface area contributed by atoms with Crippen molar-refractivity contribution >= 4 is 22.5 Å². The van der Waals surface area contributed by atoms with Crippen LogP contribution in [0.15, 0.2) is 35.4 Å². The van der Waals surface area contributed by atoms with E-state index in [1.54, 1.807) is 28.9 Å². The molecule has 22 heavy (non-hydrogen) atoms. The Morgan fingerprint density at radius 1 is 1.36 bits per heavy atom. The van der Waals surface area contributed by atoms with Crippen molar-refractivity contribution in [2.75, 3.05) is 18.5 Å². The van der Waals surface area contributed by atoms with Crippen LogP contribution < -0.4 is 10.7 Å². The molecule has 0 aliphatic carbocycles. The lowest BCUT2D eigenvalue weighted by Gasteiger charge is -2.09. The van der Waals surface area contributed by atoms with E-state index in [4.69, 9.17) is 5.11 Å². The number of aromatic nitrogens is 3. The first-order valence-electron chi connectivity index (χ1n) is 6.81. The van der Waals surface area contributed by atoms with Gasteiger partial charge in [0.2, 0.25) is 11.4 Å². The van der Waals surface area contributed by atoms with Crippen LogP contribution in [0.25, 0.3) is 16.6 Å². The number of fused-ring (bicyclic) bond motifs is 3. The fourth-order valence-electron chi connectivity index (χ4n) is 2.28. The Bertz CT molecular complexity index is 942. The second-order valence-corrected chi connectivity index (χ2v) is 4.70. The quantitative estimate of drug-likeness (QED) is 0.547. The first kappa shape index (κ1) is 14.0. The van der Waals surface area contributed by atoms with Gasteiger partial charge in [0.25, 0.3) is 0 Å². The summed E-state index contributed by atoms with van der Waals surface area (Å²) in [7, 11) is 0. The summed E-state index contributed by atoms with van der Waals surface area (Å²) in [5.74, 6) is 0.304. The minimum absolute atomic E-state index is 0.0620. The standard InChI is InChI=1S/C15H13N5O2/c16-8-10-11-4-1-2-6-20(11)12-9-18-15(17-5-3-7-21)19-13(12)14(10)22/h1-2,4,6,9,21H,3,5,7H2,(H,17,18,19). The molecule has 0 amide bonds. The Balaban J connectivity index is 2.25. The number of nitrogens with zero attached hydrogens (tertiary/aromatic N) is 4. The van der Waals surface area contributed by atoms with Gasteiger partial charge in [-0.25, -0.2) is 9.97 Å². The predicted octanol–water partition coefficient (Wildman–Crippen LogP) is 0.909. The summed E-state index contributed by atoms with van der Waals surface area (Å²) in [6.07, 6.45) is 3.88. The van der Waals surface area contributed by atoms with E-state index >= 15 is 0 Å². The van der Waals surface area contributed by atoms with E-state index in [1.165, 1.54) is 0 Å². The van der Waals surface area contributed by atoms with E-state index in [0.717, 1.165) is 0 Å². The second-order valence-electron chi connectivity index (χ2n) is 4.70. The molecule has 3 aromatic heterocycles. The van der Waals surface area contributed by atoms with Gasteiger partial charge in [0.05, 0.1) is 17.2 Å².